The van der Waals surface area contributed by atoms with E-state index in [-0.39, 0.29) is 24.0 Å². The van der Waals surface area contributed by atoms with Gasteiger partial charge < -0.3 is 11.1 Å². The van der Waals surface area contributed by atoms with E-state index in [1.807, 2.05) is 59.4 Å². The van der Waals surface area contributed by atoms with Crippen molar-refractivity contribution in [3.8, 4) is 0 Å². The highest BCUT2D eigenvalue weighted by Gasteiger charge is 1.99. The molecule has 0 fully saturated rings. The average molecular weight is 433 g/mol. The molecule has 0 unspecified atom stereocenters. The fraction of sp³-hybridized carbons (Fsp3) is 0.111. The van der Waals surface area contributed by atoms with E-state index in [9.17, 15) is 0 Å². The summed E-state index contributed by atoms with van der Waals surface area (Å²) < 4.78 is 1.90. The number of guanidine groups is 1. The Hall–Kier alpha value is -2.35. The first kappa shape index (κ1) is 18.0. The van der Waals surface area contributed by atoms with Crippen LogP contribution in [0.4, 0.5) is 5.69 Å². The molecule has 0 amide bonds. The van der Waals surface area contributed by atoms with Crippen LogP contribution in [0.25, 0.3) is 0 Å². The summed E-state index contributed by atoms with van der Waals surface area (Å²) in [6.07, 6.45) is 3.73. The molecule has 24 heavy (non-hydrogen) atoms. The molecule has 0 aliphatic rings. The van der Waals surface area contributed by atoms with Crippen molar-refractivity contribution < 1.29 is 0 Å². The Labute approximate surface area is 158 Å². The predicted molar refractivity (Wildman–Crippen MR) is 109 cm³/mol. The van der Waals surface area contributed by atoms with Crippen molar-refractivity contribution in [3.63, 3.8) is 0 Å². The number of nitrogens with two attached hydrogens (primary N) is 1. The van der Waals surface area contributed by atoms with Crippen LogP contribution in [-0.2, 0) is 13.1 Å². The minimum absolute atomic E-state index is 0. The zero-order chi connectivity index (χ0) is 15.9. The van der Waals surface area contributed by atoms with Gasteiger partial charge >= 0.3 is 0 Å². The highest BCUT2D eigenvalue weighted by atomic mass is 127. The van der Waals surface area contributed by atoms with Crippen LogP contribution in [-0.4, -0.2) is 15.7 Å². The third kappa shape index (κ3) is 5.38. The summed E-state index contributed by atoms with van der Waals surface area (Å²) in [5.74, 6) is 0.411. The summed E-state index contributed by atoms with van der Waals surface area (Å²) in [5, 5.41) is 7.30. The lowest BCUT2D eigenvalue weighted by molar-refractivity contribution is 0.686. The lowest BCUT2D eigenvalue weighted by Gasteiger charge is -2.06. The number of aliphatic imine (C=N–C) groups is 1. The van der Waals surface area contributed by atoms with Gasteiger partial charge in [-0.15, -0.1) is 24.0 Å². The second-order valence-electron chi connectivity index (χ2n) is 5.22. The van der Waals surface area contributed by atoms with Gasteiger partial charge in [-0.1, -0.05) is 42.5 Å². The fourth-order valence-corrected chi connectivity index (χ4v) is 2.29. The van der Waals surface area contributed by atoms with E-state index in [0.717, 1.165) is 17.8 Å². The van der Waals surface area contributed by atoms with E-state index in [2.05, 4.69) is 27.5 Å². The highest BCUT2D eigenvalue weighted by molar-refractivity contribution is 14.0. The Morgan fingerprint density at radius 3 is 2.58 bits per heavy atom. The number of benzene rings is 2. The Morgan fingerprint density at radius 2 is 1.83 bits per heavy atom. The van der Waals surface area contributed by atoms with E-state index in [1.165, 1.54) is 5.56 Å². The van der Waals surface area contributed by atoms with Gasteiger partial charge in [0.2, 0.25) is 0 Å². The van der Waals surface area contributed by atoms with E-state index >= 15 is 0 Å². The van der Waals surface area contributed by atoms with Gasteiger partial charge in [0.25, 0.3) is 0 Å². The first-order chi connectivity index (χ1) is 11.3. The van der Waals surface area contributed by atoms with Crippen LogP contribution in [0.3, 0.4) is 0 Å². The van der Waals surface area contributed by atoms with Crippen molar-refractivity contribution >= 4 is 35.6 Å². The van der Waals surface area contributed by atoms with Gasteiger partial charge in [-0.2, -0.15) is 5.10 Å². The molecule has 0 saturated heterocycles. The molecule has 2 aromatic carbocycles. The smallest absolute Gasteiger partial charge is 0.193 e. The zero-order valence-corrected chi connectivity index (χ0v) is 15.5. The number of halogens is 1. The minimum Gasteiger partial charge on any atom is -0.370 e. The average Bonchev–Trinajstić information content (AvgIpc) is 3.07. The molecule has 1 aromatic heterocycles. The molecular formula is C18H20IN5. The van der Waals surface area contributed by atoms with Gasteiger partial charge in [0.1, 0.15) is 0 Å². The van der Waals surface area contributed by atoms with Gasteiger partial charge in [-0.05, 0) is 29.3 Å². The summed E-state index contributed by atoms with van der Waals surface area (Å²) in [6, 6.07) is 20.0. The maximum atomic E-state index is 5.93. The van der Waals surface area contributed by atoms with Crippen molar-refractivity contribution in [2.75, 3.05) is 5.32 Å². The van der Waals surface area contributed by atoms with Gasteiger partial charge in [0.05, 0.1) is 13.1 Å². The molecule has 0 radical (unpaired) electrons. The summed E-state index contributed by atoms with van der Waals surface area (Å²) >= 11 is 0. The van der Waals surface area contributed by atoms with Crippen LogP contribution in [0.5, 0.6) is 0 Å². The second kappa shape index (κ2) is 9.07. The van der Waals surface area contributed by atoms with Gasteiger partial charge in [-0.25, -0.2) is 4.99 Å². The molecule has 3 N–H and O–H groups in total. The molecule has 3 aromatic rings. The lowest BCUT2D eigenvalue weighted by atomic mass is 10.1. The number of para-hydroxylation sites is 1. The highest BCUT2D eigenvalue weighted by Crippen LogP contribution is 2.09. The number of hydrogen-bond donors (Lipinski definition) is 2. The molecule has 5 nitrogen and oxygen atoms in total. The first-order valence-electron chi connectivity index (χ1n) is 7.47. The monoisotopic (exact) mass is 433 g/mol. The quantitative estimate of drug-likeness (QED) is 0.368. The minimum atomic E-state index is 0. The molecule has 1 heterocycles. The largest absolute Gasteiger partial charge is 0.370 e. The SMILES string of the molecule is I.NC(=NCc1cccc(Cn2cccn2)c1)Nc1ccccc1. The van der Waals surface area contributed by atoms with Gasteiger partial charge in [-0.3, -0.25) is 4.68 Å². The van der Waals surface area contributed by atoms with Crippen LogP contribution in [0.15, 0.2) is 78.0 Å². The lowest BCUT2D eigenvalue weighted by Crippen LogP contribution is -2.22. The Balaban J connectivity index is 0.00000208. The molecular weight excluding hydrogens is 413 g/mol. The molecule has 0 spiro atoms. The number of aromatic nitrogens is 2. The first-order valence-corrected chi connectivity index (χ1v) is 7.47. The molecule has 0 saturated carbocycles. The number of hydrogen-bond acceptors (Lipinski definition) is 2. The van der Waals surface area contributed by atoms with Crippen molar-refractivity contribution in [3.05, 3.63) is 84.2 Å². The Bertz CT molecular complexity index is 769. The topological polar surface area (TPSA) is 68.2 Å². The van der Waals surface area contributed by atoms with E-state index in [0.29, 0.717) is 12.5 Å². The van der Waals surface area contributed by atoms with Crippen molar-refractivity contribution in [2.45, 2.75) is 13.1 Å². The summed E-state index contributed by atoms with van der Waals surface area (Å²) in [5.41, 5.74) is 9.17. The second-order valence-corrected chi connectivity index (χ2v) is 5.22. The number of nitrogens with zero attached hydrogens (tertiary/aromatic N) is 3. The van der Waals surface area contributed by atoms with Crippen LogP contribution in [0.2, 0.25) is 0 Å². The predicted octanol–water partition coefficient (Wildman–Crippen LogP) is 3.48. The maximum Gasteiger partial charge on any atom is 0.193 e. The Morgan fingerprint density at radius 1 is 1.04 bits per heavy atom. The molecule has 0 aliphatic carbocycles. The van der Waals surface area contributed by atoms with Crippen LogP contribution >= 0.6 is 24.0 Å². The van der Waals surface area contributed by atoms with Crippen molar-refractivity contribution in [1.82, 2.24) is 9.78 Å². The number of rotatable bonds is 5. The number of anilines is 1. The molecule has 6 heteroatoms. The molecule has 0 aliphatic heterocycles. The summed E-state index contributed by atoms with van der Waals surface area (Å²) in [6.45, 7) is 1.29. The zero-order valence-electron chi connectivity index (χ0n) is 13.2. The van der Waals surface area contributed by atoms with E-state index in [1.54, 1.807) is 6.20 Å². The standard InChI is InChI=1S/C18H19N5.HI/c19-18(22-17-8-2-1-3-9-17)20-13-15-6-4-7-16(12-15)14-23-11-5-10-21-23;/h1-12H,13-14H2,(H3,19,20,22);1H. The molecule has 0 bridgehead atoms. The maximum absolute atomic E-state index is 5.93. The number of nitrogens with one attached hydrogen (secondary N) is 1. The molecule has 0 atom stereocenters. The van der Waals surface area contributed by atoms with Gasteiger partial charge in [0, 0.05) is 18.1 Å². The third-order valence-corrected chi connectivity index (χ3v) is 3.37. The van der Waals surface area contributed by atoms with Gasteiger partial charge in [0.15, 0.2) is 5.96 Å². The van der Waals surface area contributed by atoms with E-state index in [4.69, 9.17) is 5.73 Å². The molecule has 3 rings (SSSR count). The van der Waals surface area contributed by atoms with Crippen molar-refractivity contribution in [2.24, 2.45) is 10.7 Å². The van der Waals surface area contributed by atoms with E-state index < -0.39 is 0 Å². The third-order valence-electron chi connectivity index (χ3n) is 3.37. The van der Waals surface area contributed by atoms with Crippen LogP contribution < -0.4 is 11.1 Å². The normalized spacial score (nSPS) is 10.9. The fourth-order valence-electron chi connectivity index (χ4n) is 2.29. The summed E-state index contributed by atoms with van der Waals surface area (Å²) in [4.78, 5) is 4.39. The molecule has 124 valence electrons. The van der Waals surface area contributed by atoms with Crippen LogP contribution in [0.1, 0.15) is 11.1 Å². The van der Waals surface area contributed by atoms with Crippen LogP contribution in [0, 0.1) is 0 Å². The van der Waals surface area contributed by atoms with Crippen molar-refractivity contribution in [1.29, 1.82) is 0 Å². The summed E-state index contributed by atoms with van der Waals surface area (Å²) in [7, 11) is 0. The Kier molecular flexibility index (Phi) is 6.80.